The first-order valence-corrected chi connectivity index (χ1v) is 11.0. The minimum atomic E-state index is -0.775. The van der Waals surface area contributed by atoms with Crippen LogP contribution in [0.25, 0.3) is 11.1 Å². The Morgan fingerprint density at radius 3 is 2.50 bits per heavy atom. The van der Waals surface area contributed by atoms with Crippen LogP contribution in [0.1, 0.15) is 30.5 Å². The van der Waals surface area contributed by atoms with Crippen LogP contribution in [0.5, 0.6) is 11.5 Å². The van der Waals surface area contributed by atoms with Crippen molar-refractivity contribution in [2.45, 2.75) is 38.8 Å². The van der Waals surface area contributed by atoms with E-state index in [-0.39, 0.29) is 22.4 Å². The van der Waals surface area contributed by atoms with Crippen LogP contribution in [0.2, 0.25) is 5.02 Å². The van der Waals surface area contributed by atoms with Gasteiger partial charge in [-0.05, 0) is 24.1 Å². The standard InChI is InChI=1S/C26H26ClF2NO2/c1-15(2)30-14-26(17-8-6-5-7-9-17)13-18-21(32-26)12-19(28)24(27)23(18)22-16(3)10-11-20(31-4)25(22)29/h5-12,15,30H,13-14H2,1-4H3/t26-/m1/s1. The third-order valence-corrected chi connectivity index (χ3v) is 6.30. The summed E-state index contributed by atoms with van der Waals surface area (Å²) >= 11 is 6.46. The maximum absolute atomic E-state index is 15.4. The zero-order chi connectivity index (χ0) is 23.0. The van der Waals surface area contributed by atoms with Crippen molar-refractivity contribution in [2.75, 3.05) is 13.7 Å². The maximum Gasteiger partial charge on any atom is 0.173 e. The molecule has 3 aromatic carbocycles. The fourth-order valence-corrected chi connectivity index (χ4v) is 4.55. The Morgan fingerprint density at radius 2 is 1.84 bits per heavy atom. The minimum absolute atomic E-state index is 0.0781. The van der Waals surface area contributed by atoms with Crippen molar-refractivity contribution >= 4 is 11.6 Å². The summed E-state index contributed by atoms with van der Waals surface area (Å²) in [5.41, 5.74) is 2.04. The summed E-state index contributed by atoms with van der Waals surface area (Å²) in [7, 11) is 1.40. The van der Waals surface area contributed by atoms with E-state index in [1.165, 1.54) is 13.2 Å². The second-order valence-corrected chi connectivity index (χ2v) is 8.85. The topological polar surface area (TPSA) is 30.5 Å². The number of rotatable bonds is 6. The van der Waals surface area contributed by atoms with Crippen LogP contribution in [-0.4, -0.2) is 19.7 Å². The molecule has 0 saturated heterocycles. The van der Waals surface area contributed by atoms with E-state index in [1.54, 1.807) is 19.1 Å². The molecular formula is C26H26ClF2NO2. The lowest BCUT2D eigenvalue weighted by Gasteiger charge is -2.31. The number of hydrogen-bond donors (Lipinski definition) is 1. The molecule has 3 nitrogen and oxygen atoms in total. The minimum Gasteiger partial charge on any atom is -0.494 e. The molecule has 0 fully saturated rings. The Kier molecular flexibility index (Phi) is 6.15. The van der Waals surface area contributed by atoms with Crippen molar-refractivity contribution < 1.29 is 18.3 Å². The Bertz CT molecular complexity index is 1150. The van der Waals surface area contributed by atoms with Gasteiger partial charge in [0.1, 0.15) is 11.6 Å². The van der Waals surface area contributed by atoms with Gasteiger partial charge in [0.05, 0.1) is 12.1 Å². The number of halogens is 3. The third-order valence-electron chi connectivity index (χ3n) is 5.93. The van der Waals surface area contributed by atoms with E-state index >= 15 is 4.39 Å². The van der Waals surface area contributed by atoms with Crippen LogP contribution < -0.4 is 14.8 Å². The first-order valence-electron chi connectivity index (χ1n) is 10.6. The number of aryl methyl sites for hydroxylation is 1. The highest BCUT2D eigenvalue weighted by Gasteiger charge is 2.43. The highest BCUT2D eigenvalue weighted by atomic mass is 35.5. The molecular weight excluding hydrogens is 432 g/mol. The molecule has 0 bridgehead atoms. The van der Waals surface area contributed by atoms with E-state index in [1.807, 2.05) is 30.3 Å². The van der Waals surface area contributed by atoms with Crippen LogP contribution >= 0.6 is 11.6 Å². The number of benzene rings is 3. The number of ether oxygens (including phenoxy) is 2. The van der Waals surface area contributed by atoms with Crippen molar-refractivity contribution in [1.29, 1.82) is 0 Å². The molecule has 168 valence electrons. The van der Waals surface area contributed by atoms with Crippen LogP contribution in [0.4, 0.5) is 8.78 Å². The van der Waals surface area contributed by atoms with E-state index in [0.717, 1.165) is 5.56 Å². The molecule has 3 aromatic rings. The summed E-state index contributed by atoms with van der Waals surface area (Å²) in [4.78, 5) is 0. The summed E-state index contributed by atoms with van der Waals surface area (Å²) in [6.07, 6.45) is 0.414. The van der Waals surface area contributed by atoms with Crippen molar-refractivity contribution in [1.82, 2.24) is 5.32 Å². The SMILES string of the molecule is COc1ccc(C)c(-c2c(Cl)c(F)cc3c2C[C@@](CNC(C)C)(c2ccccc2)O3)c1F. The van der Waals surface area contributed by atoms with E-state index < -0.39 is 17.2 Å². The Morgan fingerprint density at radius 1 is 1.12 bits per heavy atom. The smallest absolute Gasteiger partial charge is 0.173 e. The maximum atomic E-state index is 15.4. The van der Waals surface area contributed by atoms with E-state index in [4.69, 9.17) is 21.1 Å². The first kappa shape index (κ1) is 22.6. The Balaban J connectivity index is 1.93. The number of methoxy groups -OCH3 is 1. The van der Waals surface area contributed by atoms with E-state index in [2.05, 4.69) is 19.2 Å². The summed E-state index contributed by atoms with van der Waals surface area (Å²) in [5.74, 6) is -0.769. The van der Waals surface area contributed by atoms with Gasteiger partial charge in [-0.1, -0.05) is 61.8 Å². The van der Waals surface area contributed by atoms with Gasteiger partial charge in [-0.15, -0.1) is 0 Å². The van der Waals surface area contributed by atoms with Crippen LogP contribution in [0.15, 0.2) is 48.5 Å². The van der Waals surface area contributed by atoms with Gasteiger partial charge in [0, 0.05) is 41.8 Å². The normalized spacial score (nSPS) is 17.4. The number of hydrogen-bond acceptors (Lipinski definition) is 3. The average Bonchev–Trinajstić information content (AvgIpc) is 3.15. The molecule has 0 aromatic heterocycles. The molecule has 0 spiro atoms. The predicted octanol–water partition coefficient (Wildman–Crippen LogP) is 6.43. The molecule has 6 heteroatoms. The molecule has 0 saturated carbocycles. The Hall–Kier alpha value is -2.63. The molecule has 0 aliphatic carbocycles. The number of nitrogens with one attached hydrogen (secondary N) is 1. The van der Waals surface area contributed by atoms with Gasteiger partial charge in [-0.3, -0.25) is 0 Å². The summed E-state index contributed by atoms with van der Waals surface area (Å²) in [5, 5.41) is 3.32. The molecule has 1 N–H and O–H groups in total. The average molecular weight is 458 g/mol. The predicted molar refractivity (Wildman–Crippen MR) is 124 cm³/mol. The molecule has 0 amide bonds. The molecule has 1 aliphatic rings. The summed E-state index contributed by atoms with van der Waals surface area (Å²) in [6, 6.07) is 14.6. The van der Waals surface area contributed by atoms with Gasteiger partial charge in [0.2, 0.25) is 0 Å². The molecule has 0 unspecified atom stereocenters. The summed E-state index contributed by atoms with van der Waals surface area (Å²) < 4.78 is 42.0. The van der Waals surface area contributed by atoms with Crippen molar-refractivity contribution in [3.05, 3.63) is 81.9 Å². The van der Waals surface area contributed by atoms with Crippen molar-refractivity contribution in [3.8, 4) is 22.6 Å². The van der Waals surface area contributed by atoms with Crippen LogP contribution in [0, 0.1) is 18.6 Å². The van der Waals surface area contributed by atoms with Gasteiger partial charge in [0.25, 0.3) is 0 Å². The zero-order valence-electron chi connectivity index (χ0n) is 18.6. The van der Waals surface area contributed by atoms with Gasteiger partial charge >= 0.3 is 0 Å². The lowest BCUT2D eigenvalue weighted by molar-refractivity contribution is 0.0891. The molecule has 4 rings (SSSR count). The molecule has 32 heavy (non-hydrogen) atoms. The fourth-order valence-electron chi connectivity index (χ4n) is 4.29. The lowest BCUT2D eigenvalue weighted by atomic mass is 9.85. The van der Waals surface area contributed by atoms with Crippen LogP contribution in [-0.2, 0) is 12.0 Å². The number of fused-ring (bicyclic) bond motifs is 1. The molecule has 0 radical (unpaired) electrons. The van der Waals surface area contributed by atoms with Crippen LogP contribution in [0.3, 0.4) is 0 Å². The fraction of sp³-hybridized carbons (Fsp3) is 0.308. The second kappa shape index (κ2) is 8.72. The van der Waals surface area contributed by atoms with E-state index in [9.17, 15) is 4.39 Å². The third kappa shape index (κ3) is 3.84. The lowest BCUT2D eigenvalue weighted by Crippen LogP contribution is -2.44. The van der Waals surface area contributed by atoms with E-state index in [0.29, 0.717) is 35.4 Å². The van der Waals surface area contributed by atoms with Gasteiger partial charge < -0.3 is 14.8 Å². The quantitative estimate of drug-likeness (QED) is 0.462. The Labute approximate surface area is 192 Å². The van der Waals surface area contributed by atoms with Gasteiger partial charge in [-0.2, -0.15) is 0 Å². The highest BCUT2D eigenvalue weighted by molar-refractivity contribution is 6.34. The van der Waals surface area contributed by atoms with Crippen molar-refractivity contribution in [2.24, 2.45) is 0 Å². The monoisotopic (exact) mass is 457 g/mol. The highest BCUT2D eigenvalue weighted by Crippen LogP contribution is 2.50. The second-order valence-electron chi connectivity index (χ2n) is 8.47. The van der Waals surface area contributed by atoms with Crippen molar-refractivity contribution in [3.63, 3.8) is 0 Å². The largest absolute Gasteiger partial charge is 0.494 e. The van der Waals surface area contributed by atoms with Gasteiger partial charge in [0.15, 0.2) is 17.2 Å². The zero-order valence-corrected chi connectivity index (χ0v) is 19.3. The van der Waals surface area contributed by atoms with Gasteiger partial charge in [-0.25, -0.2) is 8.78 Å². The molecule has 1 atom stereocenters. The summed E-state index contributed by atoms with van der Waals surface area (Å²) in [6.45, 7) is 6.38. The molecule has 1 aliphatic heterocycles. The molecule has 1 heterocycles. The first-order chi connectivity index (χ1) is 15.3.